The number of nitrogens with zero attached hydrogens (tertiary/aromatic N) is 3. The smallest absolute Gasteiger partial charge is 0.246 e. The minimum absolute atomic E-state index is 0.0425. The Balaban J connectivity index is 1.47. The maximum atomic E-state index is 12.3. The molecule has 6 nitrogen and oxygen atoms in total. The molecule has 2 heterocycles. The van der Waals surface area contributed by atoms with E-state index >= 15 is 0 Å². The van der Waals surface area contributed by atoms with Crippen LogP contribution < -0.4 is 5.32 Å². The third-order valence-corrected chi connectivity index (χ3v) is 4.30. The average Bonchev–Trinajstić information content (AvgIpc) is 3.20. The molecule has 0 saturated heterocycles. The van der Waals surface area contributed by atoms with Crippen molar-refractivity contribution in [2.24, 2.45) is 0 Å². The molecular formula is C20H18N4O2. The van der Waals surface area contributed by atoms with Crippen molar-refractivity contribution in [1.82, 2.24) is 14.6 Å². The van der Waals surface area contributed by atoms with Crippen LogP contribution in [0.15, 0.2) is 59.1 Å². The molecule has 0 aliphatic heterocycles. The van der Waals surface area contributed by atoms with E-state index in [0.717, 1.165) is 28.2 Å². The molecule has 0 saturated carbocycles. The summed E-state index contributed by atoms with van der Waals surface area (Å²) in [7, 11) is 0. The summed E-state index contributed by atoms with van der Waals surface area (Å²) in [5.74, 6) is 1.25. The number of nitrogens with one attached hydrogen (secondary N) is 1. The third kappa shape index (κ3) is 3.09. The van der Waals surface area contributed by atoms with Crippen LogP contribution in [0, 0.1) is 13.8 Å². The molecule has 2 aromatic heterocycles. The lowest BCUT2D eigenvalue weighted by Gasteiger charge is -2.07. The van der Waals surface area contributed by atoms with Gasteiger partial charge in [0.2, 0.25) is 17.5 Å². The number of hydrogen-bond donors (Lipinski definition) is 1. The highest BCUT2D eigenvalue weighted by atomic mass is 16.4. The SMILES string of the molecule is Cc1ccccc1CC(=O)Nc1ccc(-c2nn3c(C)ncc3o2)cc1. The maximum Gasteiger partial charge on any atom is 0.246 e. The van der Waals surface area contributed by atoms with Gasteiger partial charge in [0.25, 0.3) is 0 Å². The number of fused-ring (bicyclic) bond motifs is 1. The number of carbonyl (C=O) groups excluding carboxylic acids is 1. The Hall–Kier alpha value is -3.41. The van der Waals surface area contributed by atoms with Crippen molar-refractivity contribution in [3.05, 3.63) is 71.7 Å². The highest BCUT2D eigenvalue weighted by Gasteiger charge is 2.11. The van der Waals surface area contributed by atoms with E-state index in [0.29, 0.717) is 18.0 Å². The molecule has 0 fully saturated rings. The van der Waals surface area contributed by atoms with Crippen LogP contribution in [0.1, 0.15) is 17.0 Å². The van der Waals surface area contributed by atoms with Crippen molar-refractivity contribution in [2.75, 3.05) is 5.32 Å². The van der Waals surface area contributed by atoms with E-state index in [2.05, 4.69) is 15.4 Å². The van der Waals surface area contributed by atoms with Crippen LogP contribution in [0.5, 0.6) is 0 Å². The van der Waals surface area contributed by atoms with E-state index in [1.54, 1.807) is 10.7 Å². The summed E-state index contributed by atoms with van der Waals surface area (Å²) in [4.78, 5) is 16.4. The first-order valence-electron chi connectivity index (χ1n) is 8.36. The van der Waals surface area contributed by atoms with Crippen LogP contribution in [0.4, 0.5) is 5.69 Å². The molecule has 4 aromatic rings. The van der Waals surface area contributed by atoms with E-state index in [-0.39, 0.29) is 5.91 Å². The summed E-state index contributed by atoms with van der Waals surface area (Å²) in [5, 5.41) is 7.32. The first-order chi connectivity index (χ1) is 12.6. The Kier molecular flexibility index (Phi) is 4.01. The largest absolute Gasteiger partial charge is 0.417 e. The van der Waals surface area contributed by atoms with Crippen LogP contribution in [-0.4, -0.2) is 20.5 Å². The second-order valence-corrected chi connectivity index (χ2v) is 6.19. The molecule has 130 valence electrons. The van der Waals surface area contributed by atoms with Gasteiger partial charge in [-0.05, 0) is 49.2 Å². The van der Waals surface area contributed by atoms with Gasteiger partial charge in [0.05, 0.1) is 12.6 Å². The fourth-order valence-electron chi connectivity index (χ4n) is 2.82. The molecule has 26 heavy (non-hydrogen) atoms. The second-order valence-electron chi connectivity index (χ2n) is 6.19. The van der Waals surface area contributed by atoms with Gasteiger partial charge < -0.3 is 9.73 Å². The number of anilines is 1. The van der Waals surface area contributed by atoms with Gasteiger partial charge in [-0.2, -0.15) is 4.52 Å². The molecule has 0 aliphatic carbocycles. The number of benzene rings is 2. The molecule has 6 heteroatoms. The van der Waals surface area contributed by atoms with Crippen LogP contribution in [0.2, 0.25) is 0 Å². The van der Waals surface area contributed by atoms with E-state index in [9.17, 15) is 4.79 Å². The van der Waals surface area contributed by atoms with Crippen LogP contribution in [-0.2, 0) is 11.2 Å². The predicted octanol–water partition coefficient (Wildman–Crippen LogP) is 3.79. The highest BCUT2D eigenvalue weighted by molar-refractivity contribution is 5.92. The fraction of sp³-hybridized carbons (Fsp3) is 0.150. The standard InChI is InChI=1S/C20H18N4O2/c1-13-5-3-4-6-16(13)11-18(25)22-17-9-7-15(8-10-17)20-23-24-14(2)21-12-19(24)26-20/h3-10,12H,11H2,1-2H3,(H,22,25). The highest BCUT2D eigenvalue weighted by Crippen LogP contribution is 2.22. The molecule has 0 atom stereocenters. The van der Waals surface area contributed by atoms with Gasteiger partial charge in [0.15, 0.2) is 0 Å². The zero-order valence-corrected chi connectivity index (χ0v) is 14.6. The Bertz CT molecular complexity index is 1080. The second kappa shape index (κ2) is 6.48. The van der Waals surface area contributed by atoms with Crippen LogP contribution >= 0.6 is 0 Å². The Morgan fingerprint density at radius 3 is 2.62 bits per heavy atom. The van der Waals surface area contributed by atoms with Crippen LogP contribution in [0.25, 0.3) is 17.2 Å². The summed E-state index contributed by atoms with van der Waals surface area (Å²) in [6.07, 6.45) is 2.00. The number of aryl methyl sites for hydroxylation is 2. The summed E-state index contributed by atoms with van der Waals surface area (Å²) >= 11 is 0. The first-order valence-corrected chi connectivity index (χ1v) is 8.36. The van der Waals surface area contributed by atoms with Gasteiger partial charge in [-0.3, -0.25) is 4.79 Å². The molecule has 0 unspecified atom stereocenters. The third-order valence-electron chi connectivity index (χ3n) is 4.30. The zero-order valence-electron chi connectivity index (χ0n) is 14.6. The van der Waals surface area contributed by atoms with Crippen molar-refractivity contribution in [2.45, 2.75) is 20.3 Å². The van der Waals surface area contributed by atoms with Gasteiger partial charge in [0, 0.05) is 11.3 Å². The molecule has 1 N–H and O–H groups in total. The van der Waals surface area contributed by atoms with E-state index < -0.39 is 0 Å². The van der Waals surface area contributed by atoms with Gasteiger partial charge in [-0.15, -0.1) is 5.10 Å². The molecule has 2 aromatic carbocycles. The number of amides is 1. The lowest BCUT2D eigenvalue weighted by molar-refractivity contribution is -0.115. The lowest BCUT2D eigenvalue weighted by Crippen LogP contribution is -2.14. The first kappa shape index (κ1) is 16.1. The average molecular weight is 346 g/mol. The summed E-state index contributed by atoms with van der Waals surface area (Å²) < 4.78 is 7.35. The van der Waals surface area contributed by atoms with Gasteiger partial charge in [-0.1, -0.05) is 24.3 Å². The maximum absolute atomic E-state index is 12.3. The number of rotatable bonds is 4. The Morgan fingerprint density at radius 2 is 1.88 bits per heavy atom. The van der Waals surface area contributed by atoms with E-state index in [4.69, 9.17) is 4.42 Å². The molecule has 0 aliphatic rings. The quantitative estimate of drug-likeness (QED) is 0.610. The predicted molar refractivity (Wildman–Crippen MR) is 98.9 cm³/mol. The minimum atomic E-state index is -0.0425. The molecule has 0 spiro atoms. The summed E-state index contributed by atoms with van der Waals surface area (Å²) in [6, 6.07) is 15.3. The number of aromatic nitrogens is 3. The van der Waals surface area contributed by atoms with Gasteiger partial charge in [-0.25, -0.2) is 4.98 Å². The number of carbonyl (C=O) groups is 1. The van der Waals surface area contributed by atoms with Crippen molar-refractivity contribution in [3.63, 3.8) is 0 Å². The zero-order chi connectivity index (χ0) is 18.1. The molecular weight excluding hydrogens is 328 g/mol. The molecule has 0 radical (unpaired) electrons. The molecule has 0 bridgehead atoms. The molecule has 4 rings (SSSR count). The van der Waals surface area contributed by atoms with E-state index in [1.165, 1.54) is 0 Å². The number of hydrogen-bond acceptors (Lipinski definition) is 4. The minimum Gasteiger partial charge on any atom is -0.417 e. The van der Waals surface area contributed by atoms with Crippen molar-refractivity contribution >= 4 is 17.3 Å². The normalized spacial score (nSPS) is 11.0. The van der Waals surface area contributed by atoms with Gasteiger partial charge >= 0.3 is 0 Å². The van der Waals surface area contributed by atoms with Crippen molar-refractivity contribution < 1.29 is 9.21 Å². The van der Waals surface area contributed by atoms with Gasteiger partial charge in [0.1, 0.15) is 5.82 Å². The summed E-state index contributed by atoms with van der Waals surface area (Å²) in [6.45, 7) is 3.87. The van der Waals surface area contributed by atoms with Crippen molar-refractivity contribution in [1.29, 1.82) is 0 Å². The van der Waals surface area contributed by atoms with E-state index in [1.807, 2.05) is 62.4 Å². The van der Waals surface area contributed by atoms with Crippen LogP contribution in [0.3, 0.4) is 0 Å². The summed E-state index contributed by atoms with van der Waals surface area (Å²) in [5.41, 5.74) is 4.32. The monoisotopic (exact) mass is 346 g/mol. The topological polar surface area (TPSA) is 72.4 Å². The lowest BCUT2D eigenvalue weighted by atomic mass is 10.1. The Morgan fingerprint density at radius 1 is 1.12 bits per heavy atom. The molecule has 1 amide bonds. The Labute approximate surface area is 150 Å². The number of imidazole rings is 1. The van der Waals surface area contributed by atoms with Crippen molar-refractivity contribution in [3.8, 4) is 11.5 Å². The fourth-order valence-corrected chi connectivity index (χ4v) is 2.82.